The van der Waals surface area contributed by atoms with Crippen molar-refractivity contribution in [3.63, 3.8) is 0 Å². The SMILES string of the molecule is NC(=O)[C@H]1CCC1(F)F. The first-order valence-electron chi connectivity index (χ1n) is 2.71. The first-order valence-corrected chi connectivity index (χ1v) is 2.71. The van der Waals surface area contributed by atoms with Crippen LogP contribution in [0.5, 0.6) is 0 Å². The molecule has 0 aromatic carbocycles. The lowest BCUT2D eigenvalue weighted by Crippen LogP contribution is -2.46. The van der Waals surface area contributed by atoms with Gasteiger partial charge in [-0.3, -0.25) is 4.79 Å². The molecule has 0 aliphatic heterocycles. The van der Waals surface area contributed by atoms with E-state index in [4.69, 9.17) is 0 Å². The number of nitrogens with two attached hydrogens (primary N) is 1. The Morgan fingerprint density at radius 3 is 2.22 bits per heavy atom. The second kappa shape index (κ2) is 1.65. The van der Waals surface area contributed by atoms with Crippen LogP contribution >= 0.6 is 0 Å². The summed E-state index contributed by atoms with van der Waals surface area (Å²) in [5.74, 6) is -4.89. The van der Waals surface area contributed by atoms with Crippen LogP contribution in [0.2, 0.25) is 0 Å². The summed E-state index contributed by atoms with van der Waals surface area (Å²) in [7, 11) is 0. The van der Waals surface area contributed by atoms with Crippen LogP contribution in [0.15, 0.2) is 0 Å². The van der Waals surface area contributed by atoms with Crippen molar-refractivity contribution >= 4 is 5.91 Å². The molecule has 0 spiro atoms. The zero-order valence-electron chi connectivity index (χ0n) is 4.73. The van der Waals surface area contributed by atoms with E-state index in [9.17, 15) is 13.6 Å². The number of primary amides is 1. The van der Waals surface area contributed by atoms with Crippen LogP contribution in [-0.2, 0) is 4.79 Å². The molecular weight excluding hydrogens is 128 g/mol. The molecule has 0 aromatic heterocycles. The van der Waals surface area contributed by atoms with Gasteiger partial charge in [0.15, 0.2) is 0 Å². The molecule has 0 bridgehead atoms. The molecular formula is C5H7F2NO. The molecule has 9 heavy (non-hydrogen) atoms. The van der Waals surface area contributed by atoms with E-state index in [1.807, 2.05) is 0 Å². The number of carbonyl (C=O) groups is 1. The van der Waals surface area contributed by atoms with Gasteiger partial charge in [-0.15, -0.1) is 0 Å². The van der Waals surface area contributed by atoms with Crippen LogP contribution in [0, 0.1) is 5.92 Å². The Balaban J connectivity index is 2.55. The molecule has 0 unspecified atom stereocenters. The second-order valence-electron chi connectivity index (χ2n) is 2.25. The maximum absolute atomic E-state index is 12.2. The highest BCUT2D eigenvalue weighted by Crippen LogP contribution is 2.42. The van der Waals surface area contributed by atoms with Crippen LogP contribution in [0.4, 0.5) is 8.78 Å². The van der Waals surface area contributed by atoms with E-state index in [1.54, 1.807) is 0 Å². The van der Waals surface area contributed by atoms with Gasteiger partial charge in [-0.05, 0) is 6.42 Å². The Morgan fingerprint density at radius 1 is 1.67 bits per heavy atom. The standard InChI is InChI=1S/C5H7F2NO/c6-5(7)2-1-3(5)4(8)9/h3H,1-2H2,(H2,8,9)/t3-/m1/s1. The van der Waals surface area contributed by atoms with Crippen molar-refractivity contribution in [3.8, 4) is 0 Å². The molecule has 1 fully saturated rings. The number of carbonyl (C=O) groups excluding carboxylic acids is 1. The minimum atomic E-state index is -2.81. The van der Waals surface area contributed by atoms with Crippen LogP contribution in [0.1, 0.15) is 12.8 Å². The van der Waals surface area contributed by atoms with Gasteiger partial charge in [0.2, 0.25) is 5.91 Å². The fourth-order valence-corrected chi connectivity index (χ4v) is 0.857. The Labute approximate surface area is 51.0 Å². The molecule has 1 aliphatic carbocycles. The molecule has 2 nitrogen and oxygen atoms in total. The average Bonchev–Trinajstić information content (AvgIpc) is 1.62. The summed E-state index contributed by atoms with van der Waals surface area (Å²) in [6.07, 6.45) is 0.0446. The smallest absolute Gasteiger partial charge is 0.259 e. The van der Waals surface area contributed by atoms with Crippen molar-refractivity contribution in [3.05, 3.63) is 0 Å². The molecule has 1 atom stereocenters. The first-order chi connectivity index (χ1) is 4.04. The number of hydrogen-bond donors (Lipinski definition) is 1. The van der Waals surface area contributed by atoms with Crippen molar-refractivity contribution in [1.82, 2.24) is 0 Å². The molecule has 1 aliphatic rings. The zero-order chi connectivity index (χ0) is 7.07. The maximum Gasteiger partial charge on any atom is 0.259 e. The van der Waals surface area contributed by atoms with Crippen LogP contribution in [-0.4, -0.2) is 11.8 Å². The quantitative estimate of drug-likeness (QED) is 0.559. The van der Waals surface area contributed by atoms with Crippen molar-refractivity contribution in [2.45, 2.75) is 18.8 Å². The molecule has 0 heterocycles. The van der Waals surface area contributed by atoms with Gasteiger partial charge in [-0.1, -0.05) is 0 Å². The highest BCUT2D eigenvalue weighted by Gasteiger charge is 2.51. The Bertz CT molecular complexity index is 146. The van der Waals surface area contributed by atoms with Crippen LogP contribution in [0.25, 0.3) is 0 Å². The zero-order valence-corrected chi connectivity index (χ0v) is 4.73. The number of hydrogen-bond acceptors (Lipinski definition) is 1. The van der Waals surface area contributed by atoms with Gasteiger partial charge in [-0.2, -0.15) is 0 Å². The summed E-state index contributed by atoms with van der Waals surface area (Å²) in [6.45, 7) is 0. The fourth-order valence-electron chi connectivity index (χ4n) is 0.857. The molecule has 4 heteroatoms. The highest BCUT2D eigenvalue weighted by atomic mass is 19.3. The third-order valence-corrected chi connectivity index (χ3v) is 1.62. The minimum absolute atomic E-state index is 0.194. The normalized spacial score (nSPS) is 31.1. The van der Waals surface area contributed by atoms with Gasteiger partial charge in [0.25, 0.3) is 5.92 Å². The molecule has 1 rings (SSSR count). The maximum atomic E-state index is 12.2. The molecule has 1 saturated carbocycles. The molecule has 52 valence electrons. The molecule has 0 radical (unpaired) electrons. The fraction of sp³-hybridized carbons (Fsp3) is 0.800. The third-order valence-electron chi connectivity index (χ3n) is 1.62. The molecule has 2 N–H and O–H groups in total. The summed E-state index contributed by atoms with van der Waals surface area (Å²) >= 11 is 0. The van der Waals surface area contributed by atoms with E-state index in [0.717, 1.165) is 0 Å². The van der Waals surface area contributed by atoms with E-state index < -0.39 is 17.7 Å². The van der Waals surface area contributed by atoms with E-state index in [0.29, 0.717) is 0 Å². The largest absolute Gasteiger partial charge is 0.369 e. The predicted octanol–water partition coefficient (Wildman–Crippen LogP) is 0.517. The lowest BCUT2D eigenvalue weighted by molar-refractivity contribution is -0.159. The number of alkyl halides is 2. The van der Waals surface area contributed by atoms with E-state index >= 15 is 0 Å². The molecule has 0 aromatic rings. The van der Waals surface area contributed by atoms with Crippen molar-refractivity contribution in [1.29, 1.82) is 0 Å². The van der Waals surface area contributed by atoms with Gasteiger partial charge < -0.3 is 5.73 Å². The van der Waals surface area contributed by atoms with Crippen LogP contribution in [0.3, 0.4) is 0 Å². The summed E-state index contributed by atoms with van der Waals surface area (Å²) in [5, 5.41) is 0. The summed E-state index contributed by atoms with van der Waals surface area (Å²) in [4.78, 5) is 10.1. The lowest BCUT2D eigenvalue weighted by Gasteiger charge is -2.33. The van der Waals surface area contributed by atoms with Gasteiger partial charge in [0.1, 0.15) is 5.92 Å². The van der Waals surface area contributed by atoms with Gasteiger partial charge in [-0.25, -0.2) is 8.78 Å². The number of halogens is 2. The number of amides is 1. The second-order valence-corrected chi connectivity index (χ2v) is 2.25. The number of rotatable bonds is 1. The Kier molecular flexibility index (Phi) is 1.18. The Hall–Kier alpha value is -0.670. The van der Waals surface area contributed by atoms with E-state index in [1.165, 1.54) is 0 Å². The average molecular weight is 135 g/mol. The summed E-state index contributed by atoms with van der Waals surface area (Å²) in [6, 6.07) is 0. The van der Waals surface area contributed by atoms with Crippen molar-refractivity contribution in [2.75, 3.05) is 0 Å². The highest BCUT2D eigenvalue weighted by molar-refractivity contribution is 5.78. The van der Waals surface area contributed by atoms with E-state index in [-0.39, 0.29) is 12.8 Å². The molecule has 1 amide bonds. The monoisotopic (exact) mass is 135 g/mol. The van der Waals surface area contributed by atoms with E-state index in [2.05, 4.69) is 5.73 Å². The van der Waals surface area contributed by atoms with Gasteiger partial charge >= 0.3 is 0 Å². The van der Waals surface area contributed by atoms with Crippen molar-refractivity contribution in [2.24, 2.45) is 11.7 Å². The van der Waals surface area contributed by atoms with Gasteiger partial charge in [0.05, 0.1) is 0 Å². The lowest BCUT2D eigenvalue weighted by atomic mass is 9.80. The molecule has 0 saturated heterocycles. The van der Waals surface area contributed by atoms with Gasteiger partial charge in [0, 0.05) is 6.42 Å². The Morgan fingerprint density at radius 2 is 2.22 bits per heavy atom. The minimum Gasteiger partial charge on any atom is -0.369 e. The summed E-state index contributed by atoms with van der Waals surface area (Å²) in [5.41, 5.74) is 4.65. The predicted molar refractivity (Wildman–Crippen MR) is 26.9 cm³/mol. The first kappa shape index (κ1) is 6.45. The van der Waals surface area contributed by atoms with Crippen molar-refractivity contribution < 1.29 is 13.6 Å². The summed E-state index contributed by atoms with van der Waals surface area (Å²) < 4.78 is 24.3. The third kappa shape index (κ3) is 0.886. The van der Waals surface area contributed by atoms with Crippen LogP contribution < -0.4 is 5.73 Å². The topological polar surface area (TPSA) is 43.1 Å².